The standard InChI is InChI=1S/C22H23ClN4O2/c1-14-4-5-17(12-15(14)2)22(29)25-13-19(28)26-20(21-24-10-11-27(21)3)16-6-8-18(23)9-7-16/h4-12,20H,13H2,1-3H3,(H,25,29)(H,26,28). The molecule has 0 bridgehead atoms. The monoisotopic (exact) mass is 410 g/mol. The van der Waals surface area contributed by atoms with Crippen LogP contribution in [0, 0.1) is 13.8 Å². The average molecular weight is 411 g/mol. The number of hydrogen-bond acceptors (Lipinski definition) is 3. The fraction of sp³-hybridized carbons (Fsp3) is 0.227. The van der Waals surface area contributed by atoms with E-state index in [1.54, 1.807) is 24.4 Å². The summed E-state index contributed by atoms with van der Waals surface area (Å²) in [5, 5.41) is 6.23. The van der Waals surface area contributed by atoms with Crippen molar-refractivity contribution in [1.29, 1.82) is 0 Å². The maximum atomic E-state index is 12.6. The highest BCUT2D eigenvalue weighted by Crippen LogP contribution is 2.22. The van der Waals surface area contributed by atoms with Gasteiger partial charge in [-0.25, -0.2) is 4.98 Å². The minimum atomic E-state index is -0.460. The van der Waals surface area contributed by atoms with Crippen molar-refractivity contribution in [3.63, 3.8) is 0 Å². The highest BCUT2D eigenvalue weighted by molar-refractivity contribution is 6.30. The van der Waals surface area contributed by atoms with Crippen LogP contribution in [0.2, 0.25) is 5.02 Å². The van der Waals surface area contributed by atoms with E-state index in [-0.39, 0.29) is 18.4 Å². The van der Waals surface area contributed by atoms with Crippen molar-refractivity contribution in [1.82, 2.24) is 20.2 Å². The number of nitrogens with one attached hydrogen (secondary N) is 2. The smallest absolute Gasteiger partial charge is 0.251 e. The summed E-state index contributed by atoms with van der Waals surface area (Å²) < 4.78 is 1.84. The first-order valence-corrected chi connectivity index (χ1v) is 9.60. The van der Waals surface area contributed by atoms with Crippen LogP contribution in [0.3, 0.4) is 0 Å². The van der Waals surface area contributed by atoms with E-state index in [9.17, 15) is 9.59 Å². The quantitative estimate of drug-likeness (QED) is 0.654. The van der Waals surface area contributed by atoms with Crippen LogP contribution in [-0.2, 0) is 11.8 Å². The van der Waals surface area contributed by atoms with Crippen LogP contribution in [-0.4, -0.2) is 27.9 Å². The van der Waals surface area contributed by atoms with Crippen LogP contribution in [0.1, 0.15) is 38.9 Å². The van der Waals surface area contributed by atoms with E-state index < -0.39 is 6.04 Å². The van der Waals surface area contributed by atoms with Crippen molar-refractivity contribution in [2.24, 2.45) is 7.05 Å². The van der Waals surface area contributed by atoms with E-state index in [2.05, 4.69) is 15.6 Å². The highest BCUT2D eigenvalue weighted by atomic mass is 35.5. The van der Waals surface area contributed by atoms with Gasteiger partial charge in [0.05, 0.1) is 6.54 Å². The molecule has 29 heavy (non-hydrogen) atoms. The van der Waals surface area contributed by atoms with Gasteiger partial charge in [0.25, 0.3) is 5.91 Å². The summed E-state index contributed by atoms with van der Waals surface area (Å²) >= 11 is 5.99. The molecule has 0 radical (unpaired) electrons. The van der Waals surface area contributed by atoms with Crippen LogP contribution >= 0.6 is 11.6 Å². The number of rotatable bonds is 6. The predicted octanol–water partition coefficient (Wildman–Crippen LogP) is 3.33. The zero-order valence-corrected chi connectivity index (χ0v) is 17.3. The number of nitrogens with zero attached hydrogens (tertiary/aromatic N) is 2. The zero-order valence-electron chi connectivity index (χ0n) is 16.6. The largest absolute Gasteiger partial charge is 0.343 e. The number of amides is 2. The lowest BCUT2D eigenvalue weighted by atomic mass is 10.1. The fourth-order valence-corrected chi connectivity index (χ4v) is 3.09. The van der Waals surface area contributed by atoms with Gasteiger partial charge in [0, 0.05) is 30.0 Å². The first-order chi connectivity index (χ1) is 13.8. The van der Waals surface area contributed by atoms with Gasteiger partial charge in [-0.3, -0.25) is 9.59 Å². The average Bonchev–Trinajstić information content (AvgIpc) is 3.12. The molecule has 1 unspecified atom stereocenters. The molecule has 0 aliphatic carbocycles. The van der Waals surface area contributed by atoms with Crippen molar-refractivity contribution in [3.8, 4) is 0 Å². The molecule has 3 aromatic rings. The summed E-state index contributed by atoms with van der Waals surface area (Å²) in [4.78, 5) is 29.3. The topological polar surface area (TPSA) is 76.0 Å². The summed E-state index contributed by atoms with van der Waals surface area (Å²) in [5.74, 6) is 0.0783. The molecule has 7 heteroatoms. The maximum Gasteiger partial charge on any atom is 0.251 e. The van der Waals surface area contributed by atoms with Gasteiger partial charge in [0.15, 0.2) is 0 Å². The second kappa shape index (κ2) is 8.92. The number of hydrogen-bond donors (Lipinski definition) is 2. The minimum absolute atomic E-state index is 0.139. The second-order valence-corrected chi connectivity index (χ2v) is 7.37. The third-order valence-electron chi connectivity index (χ3n) is 4.80. The summed E-state index contributed by atoms with van der Waals surface area (Å²) in [6, 6.07) is 12.2. The molecule has 1 atom stereocenters. The Bertz CT molecular complexity index is 1030. The second-order valence-electron chi connectivity index (χ2n) is 6.93. The number of benzene rings is 2. The van der Waals surface area contributed by atoms with Crippen molar-refractivity contribution >= 4 is 23.4 Å². The van der Waals surface area contributed by atoms with E-state index in [1.165, 1.54) is 0 Å². The van der Waals surface area contributed by atoms with Gasteiger partial charge in [-0.2, -0.15) is 0 Å². The lowest BCUT2D eigenvalue weighted by molar-refractivity contribution is -0.120. The Morgan fingerprint density at radius 3 is 2.45 bits per heavy atom. The Kier molecular flexibility index (Phi) is 6.34. The van der Waals surface area contributed by atoms with Crippen molar-refractivity contribution < 1.29 is 9.59 Å². The molecule has 1 aromatic heterocycles. The van der Waals surface area contributed by atoms with E-state index in [4.69, 9.17) is 11.6 Å². The van der Waals surface area contributed by atoms with Crippen molar-refractivity contribution in [2.45, 2.75) is 19.9 Å². The van der Waals surface area contributed by atoms with Gasteiger partial charge in [-0.05, 0) is 54.8 Å². The number of carbonyl (C=O) groups excluding carboxylic acids is 2. The molecule has 2 aromatic carbocycles. The van der Waals surface area contributed by atoms with E-state index in [1.807, 2.05) is 55.9 Å². The Balaban J connectivity index is 1.70. The van der Waals surface area contributed by atoms with Crippen LogP contribution in [0.5, 0.6) is 0 Å². The lowest BCUT2D eigenvalue weighted by Crippen LogP contribution is -2.39. The van der Waals surface area contributed by atoms with Gasteiger partial charge >= 0.3 is 0 Å². The molecule has 1 heterocycles. The van der Waals surface area contributed by atoms with Crippen molar-refractivity contribution in [3.05, 3.63) is 88.0 Å². The molecule has 6 nitrogen and oxygen atoms in total. The van der Waals surface area contributed by atoms with Crippen LogP contribution in [0.15, 0.2) is 54.9 Å². The van der Waals surface area contributed by atoms with Crippen LogP contribution in [0.4, 0.5) is 0 Å². The molecule has 3 rings (SSSR count). The molecule has 0 fully saturated rings. The molecule has 0 saturated heterocycles. The zero-order chi connectivity index (χ0) is 21.0. The fourth-order valence-electron chi connectivity index (χ4n) is 2.96. The van der Waals surface area contributed by atoms with Gasteiger partial charge in [0.1, 0.15) is 11.9 Å². The summed E-state index contributed by atoms with van der Waals surface area (Å²) in [7, 11) is 1.86. The Labute approximate surface area is 174 Å². The third kappa shape index (κ3) is 5.03. The Morgan fingerprint density at radius 1 is 1.10 bits per heavy atom. The normalized spacial score (nSPS) is 11.7. The lowest BCUT2D eigenvalue weighted by Gasteiger charge is -2.19. The molecule has 0 spiro atoms. The summed E-state index contributed by atoms with van der Waals surface area (Å²) in [6.07, 6.45) is 3.48. The van der Waals surface area contributed by atoms with Gasteiger partial charge < -0.3 is 15.2 Å². The first kappa shape index (κ1) is 20.6. The third-order valence-corrected chi connectivity index (χ3v) is 5.06. The van der Waals surface area contributed by atoms with Gasteiger partial charge in [-0.1, -0.05) is 29.8 Å². The van der Waals surface area contributed by atoms with Gasteiger partial charge in [0.2, 0.25) is 5.91 Å². The molecule has 150 valence electrons. The molecule has 0 aliphatic heterocycles. The van der Waals surface area contributed by atoms with Crippen LogP contribution < -0.4 is 10.6 Å². The van der Waals surface area contributed by atoms with E-state index in [0.29, 0.717) is 16.4 Å². The minimum Gasteiger partial charge on any atom is -0.343 e. The number of carbonyl (C=O) groups is 2. The summed E-state index contributed by atoms with van der Waals surface area (Å²) in [6.45, 7) is 3.79. The van der Waals surface area contributed by atoms with Crippen molar-refractivity contribution in [2.75, 3.05) is 6.54 Å². The van der Waals surface area contributed by atoms with E-state index >= 15 is 0 Å². The SMILES string of the molecule is Cc1ccc(C(=O)NCC(=O)NC(c2ccc(Cl)cc2)c2nccn2C)cc1C. The number of halogens is 1. The van der Waals surface area contributed by atoms with Crippen LogP contribution in [0.25, 0.3) is 0 Å². The van der Waals surface area contributed by atoms with E-state index in [0.717, 1.165) is 16.7 Å². The molecule has 2 amide bonds. The molecule has 2 N–H and O–H groups in total. The highest BCUT2D eigenvalue weighted by Gasteiger charge is 2.21. The van der Waals surface area contributed by atoms with Gasteiger partial charge in [-0.15, -0.1) is 0 Å². The number of aromatic nitrogens is 2. The Hall–Kier alpha value is -3.12. The Morgan fingerprint density at radius 2 is 1.83 bits per heavy atom. The molecular formula is C22H23ClN4O2. The molecular weight excluding hydrogens is 388 g/mol. The number of imidazole rings is 1. The predicted molar refractivity (Wildman–Crippen MR) is 113 cm³/mol. The molecule has 0 saturated carbocycles. The maximum absolute atomic E-state index is 12.6. The summed E-state index contributed by atoms with van der Waals surface area (Å²) in [5.41, 5.74) is 3.51. The number of aryl methyl sites for hydroxylation is 3. The molecule has 0 aliphatic rings. The first-order valence-electron chi connectivity index (χ1n) is 9.22.